The molecule has 0 spiro atoms. The van der Waals surface area contributed by atoms with Crippen LogP contribution in [0.3, 0.4) is 0 Å². The lowest BCUT2D eigenvalue weighted by Gasteiger charge is -1.94. The van der Waals surface area contributed by atoms with Gasteiger partial charge in [-0.3, -0.25) is 0 Å². The Labute approximate surface area is 99.1 Å². The fourth-order valence-corrected chi connectivity index (χ4v) is 1.40. The fraction of sp³-hybridized carbons (Fsp3) is 0.222. The molecule has 1 aromatic heterocycles. The van der Waals surface area contributed by atoms with Gasteiger partial charge in [0.1, 0.15) is 5.15 Å². The zero-order valence-corrected chi connectivity index (χ0v) is 10.6. The van der Waals surface area contributed by atoms with Gasteiger partial charge in [-0.05, 0) is 22.0 Å². The van der Waals surface area contributed by atoms with Crippen LogP contribution < -0.4 is 0 Å². The Bertz CT molecular complexity index is 354. The third-order valence-electron chi connectivity index (χ3n) is 1.25. The minimum absolute atomic E-state index is 0.449. The average Bonchev–Trinajstić information content (AvgIpc) is 2.11. The zero-order chi connectivity index (χ0) is 9.68. The van der Waals surface area contributed by atoms with E-state index >= 15 is 0 Å². The predicted molar refractivity (Wildman–Crippen MR) is 62.2 cm³/mol. The van der Waals surface area contributed by atoms with Crippen LogP contribution in [-0.2, 0) is 0 Å². The van der Waals surface area contributed by atoms with Crippen LogP contribution in [0.15, 0.2) is 16.7 Å². The molecule has 0 atom stereocenters. The van der Waals surface area contributed by atoms with E-state index in [1.54, 1.807) is 6.20 Å². The van der Waals surface area contributed by atoms with E-state index < -0.39 is 0 Å². The molecule has 0 amide bonds. The third-order valence-corrected chi connectivity index (χ3v) is 2.38. The van der Waals surface area contributed by atoms with E-state index in [4.69, 9.17) is 11.6 Å². The lowest BCUT2D eigenvalue weighted by atomic mass is 10.3. The highest BCUT2D eigenvalue weighted by Gasteiger charge is 1.97. The molecule has 0 saturated carbocycles. The molecule has 1 rings (SSSR count). The molecule has 0 fully saturated rings. The largest absolute Gasteiger partial charge is 0.242 e. The van der Waals surface area contributed by atoms with Gasteiger partial charge in [0.2, 0.25) is 0 Å². The van der Waals surface area contributed by atoms with Crippen molar-refractivity contribution in [3.63, 3.8) is 0 Å². The molecule has 1 heterocycles. The minimum atomic E-state index is 0.449. The van der Waals surface area contributed by atoms with Crippen LogP contribution in [0.4, 0.5) is 0 Å². The molecule has 0 bridgehead atoms. The summed E-state index contributed by atoms with van der Waals surface area (Å²) in [6.45, 7) is 0. The van der Waals surface area contributed by atoms with Crippen molar-refractivity contribution < 1.29 is 0 Å². The van der Waals surface area contributed by atoms with Gasteiger partial charge in [0.05, 0.1) is 5.56 Å². The van der Waals surface area contributed by atoms with Crippen molar-refractivity contribution in [1.29, 1.82) is 0 Å². The van der Waals surface area contributed by atoms with Crippen LogP contribution in [0.2, 0.25) is 5.15 Å². The smallest absolute Gasteiger partial charge is 0.144 e. The van der Waals surface area contributed by atoms with E-state index in [0.717, 1.165) is 21.8 Å². The topological polar surface area (TPSA) is 12.9 Å². The van der Waals surface area contributed by atoms with Gasteiger partial charge in [-0.2, -0.15) is 0 Å². The van der Waals surface area contributed by atoms with Gasteiger partial charge in [-0.25, -0.2) is 4.98 Å². The highest BCUT2D eigenvalue weighted by Crippen LogP contribution is 2.16. The van der Waals surface area contributed by atoms with Gasteiger partial charge in [0, 0.05) is 22.4 Å². The Hall–Kier alpha value is -0.0400. The lowest BCUT2D eigenvalue weighted by Crippen LogP contribution is -1.82. The summed E-state index contributed by atoms with van der Waals surface area (Å²) in [5, 5.41) is 1.32. The molecule has 0 aromatic carbocycles. The summed E-state index contributed by atoms with van der Waals surface area (Å²) in [6.07, 6.45) is 2.46. The maximum atomic E-state index is 5.83. The van der Waals surface area contributed by atoms with Crippen molar-refractivity contribution in [2.45, 2.75) is 6.42 Å². The molecule has 68 valence electrons. The quantitative estimate of drug-likeness (QED) is 0.437. The SMILES string of the molecule is Clc1ncc(Br)cc1C#CCCBr. The molecule has 13 heavy (non-hydrogen) atoms. The van der Waals surface area contributed by atoms with Crippen LogP contribution in [-0.4, -0.2) is 10.3 Å². The number of halogens is 3. The highest BCUT2D eigenvalue weighted by molar-refractivity contribution is 9.10. The summed E-state index contributed by atoms with van der Waals surface area (Å²) in [6, 6.07) is 1.86. The maximum Gasteiger partial charge on any atom is 0.144 e. The normalized spacial score (nSPS) is 9.15. The Morgan fingerprint density at radius 2 is 2.31 bits per heavy atom. The van der Waals surface area contributed by atoms with Gasteiger partial charge in [-0.1, -0.05) is 39.4 Å². The number of hydrogen-bond donors (Lipinski definition) is 0. The number of pyridine rings is 1. The summed E-state index contributed by atoms with van der Waals surface area (Å²) >= 11 is 12.4. The first kappa shape index (κ1) is 11.0. The Morgan fingerprint density at radius 3 is 3.00 bits per heavy atom. The molecular weight excluding hydrogens is 317 g/mol. The second kappa shape index (κ2) is 5.64. The Balaban J connectivity index is 2.89. The number of nitrogens with zero attached hydrogens (tertiary/aromatic N) is 1. The van der Waals surface area contributed by atoms with E-state index in [0.29, 0.717) is 5.15 Å². The highest BCUT2D eigenvalue weighted by atomic mass is 79.9. The van der Waals surface area contributed by atoms with Crippen molar-refractivity contribution in [3.8, 4) is 11.8 Å². The fourth-order valence-electron chi connectivity index (χ4n) is 0.715. The summed E-state index contributed by atoms with van der Waals surface area (Å²) < 4.78 is 0.889. The Kier molecular flexibility index (Phi) is 4.79. The standard InChI is InChI=1S/C9H6Br2ClN/c10-4-2-1-3-7-5-8(11)6-13-9(7)12/h5-6H,2,4H2. The zero-order valence-electron chi connectivity index (χ0n) is 6.65. The van der Waals surface area contributed by atoms with Crippen LogP contribution in [0, 0.1) is 11.8 Å². The molecule has 1 nitrogen and oxygen atoms in total. The van der Waals surface area contributed by atoms with Gasteiger partial charge < -0.3 is 0 Å². The van der Waals surface area contributed by atoms with Crippen molar-refractivity contribution in [1.82, 2.24) is 4.98 Å². The summed E-state index contributed by atoms with van der Waals surface area (Å²) in [4.78, 5) is 3.96. The van der Waals surface area contributed by atoms with Gasteiger partial charge in [0.25, 0.3) is 0 Å². The van der Waals surface area contributed by atoms with Gasteiger partial charge >= 0.3 is 0 Å². The van der Waals surface area contributed by atoms with Crippen LogP contribution in [0.1, 0.15) is 12.0 Å². The van der Waals surface area contributed by atoms with Crippen molar-refractivity contribution in [2.75, 3.05) is 5.33 Å². The average molecular weight is 323 g/mol. The molecule has 0 N–H and O–H groups in total. The summed E-state index contributed by atoms with van der Waals surface area (Å²) in [5.41, 5.74) is 0.761. The summed E-state index contributed by atoms with van der Waals surface area (Å²) in [5.74, 6) is 5.93. The minimum Gasteiger partial charge on any atom is -0.242 e. The molecule has 0 aliphatic rings. The second-order valence-electron chi connectivity index (χ2n) is 2.23. The molecule has 0 aliphatic heterocycles. The monoisotopic (exact) mass is 321 g/mol. The van der Waals surface area contributed by atoms with Crippen LogP contribution in [0.5, 0.6) is 0 Å². The number of rotatable bonds is 1. The van der Waals surface area contributed by atoms with Crippen molar-refractivity contribution in [3.05, 3.63) is 27.5 Å². The third kappa shape index (κ3) is 3.68. The van der Waals surface area contributed by atoms with Crippen molar-refractivity contribution >= 4 is 43.5 Å². The van der Waals surface area contributed by atoms with E-state index in [1.807, 2.05) is 6.07 Å². The first-order chi connectivity index (χ1) is 6.24. The van der Waals surface area contributed by atoms with E-state index in [9.17, 15) is 0 Å². The molecule has 0 unspecified atom stereocenters. The molecular formula is C9H6Br2ClN. The van der Waals surface area contributed by atoms with E-state index in [1.165, 1.54) is 0 Å². The number of aromatic nitrogens is 1. The predicted octanol–water partition coefficient (Wildman–Crippen LogP) is 3.63. The number of alkyl halides is 1. The maximum absolute atomic E-state index is 5.83. The molecule has 0 radical (unpaired) electrons. The first-order valence-electron chi connectivity index (χ1n) is 3.60. The van der Waals surface area contributed by atoms with Crippen LogP contribution in [0.25, 0.3) is 0 Å². The Morgan fingerprint density at radius 1 is 1.54 bits per heavy atom. The second-order valence-corrected chi connectivity index (χ2v) is 4.30. The van der Waals surface area contributed by atoms with E-state index in [-0.39, 0.29) is 0 Å². The molecule has 1 aromatic rings. The van der Waals surface area contributed by atoms with Gasteiger partial charge in [-0.15, -0.1) is 0 Å². The lowest BCUT2D eigenvalue weighted by molar-refractivity contribution is 1.28. The first-order valence-corrected chi connectivity index (χ1v) is 5.89. The van der Waals surface area contributed by atoms with Crippen LogP contribution >= 0.6 is 43.5 Å². The molecule has 4 heteroatoms. The van der Waals surface area contributed by atoms with Gasteiger partial charge in [0.15, 0.2) is 0 Å². The molecule has 0 saturated heterocycles. The summed E-state index contributed by atoms with van der Waals surface area (Å²) in [7, 11) is 0. The van der Waals surface area contributed by atoms with E-state index in [2.05, 4.69) is 48.7 Å². The van der Waals surface area contributed by atoms with Crippen molar-refractivity contribution in [2.24, 2.45) is 0 Å². The molecule has 0 aliphatic carbocycles. The number of hydrogen-bond acceptors (Lipinski definition) is 1.